The Hall–Kier alpha value is -2.10. The van der Waals surface area contributed by atoms with Gasteiger partial charge in [0.15, 0.2) is 0 Å². The topological polar surface area (TPSA) is 40.5 Å². The molecule has 0 aliphatic heterocycles. The summed E-state index contributed by atoms with van der Waals surface area (Å²) >= 11 is 12.1. The second-order valence-electron chi connectivity index (χ2n) is 6.51. The maximum Gasteiger partial charge on any atom is 0.138 e. The second kappa shape index (κ2) is 8.28. The van der Waals surface area contributed by atoms with E-state index < -0.39 is 11.7 Å². The van der Waals surface area contributed by atoms with E-state index in [2.05, 4.69) is 0 Å². The molecule has 4 heteroatoms. The van der Waals surface area contributed by atoms with Gasteiger partial charge in [-0.2, -0.15) is 0 Å². The number of aliphatic hydroxyl groups is 2. The van der Waals surface area contributed by atoms with Crippen molar-refractivity contribution in [3.05, 3.63) is 111 Å². The van der Waals surface area contributed by atoms with Gasteiger partial charge in [0.05, 0.1) is 10.0 Å². The smallest absolute Gasteiger partial charge is 0.138 e. The van der Waals surface area contributed by atoms with E-state index in [0.717, 1.165) is 11.1 Å². The fraction of sp³-hybridized carbons (Fsp3) is 0.130. The van der Waals surface area contributed by atoms with E-state index in [1.807, 2.05) is 49.4 Å². The highest BCUT2D eigenvalue weighted by atomic mass is 35.5. The molecule has 0 spiro atoms. The van der Waals surface area contributed by atoms with Crippen molar-refractivity contribution in [1.82, 2.24) is 0 Å². The van der Waals surface area contributed by atoms with E-state index in [0.29, 0.717) is 21.2 Å². The maximum absolute atomic E-state index is 11.5. The first-order valence-corrected chi connectivity index (χ1v) is 9.32. The van der Waals surface area contributed by atoms with Crippen LogP contribution in [0.1, 0.15) is 28.4 Å². The highest BCUT2D eigenvalue weighted by Crippen LogP contribution is 2.38. The molecule has 3 rings (SSSR count). The van der Waals surface area contributed by atoms with Gasteiger partial charge < -0.3 is 10.2 Å². The van der Waals surface area contributed by atoms with Crippen LogP contribution in [0.4, 0.5) is 0 Å². The van der Waals surface area contributed by atoms with Crippen molar-refractivity contribution in [3.8, 4) is 0 Å². The lowest BCUT2D eigenvalue weighted by Crippen LogP contribution is -2.31. The molecule has 27 heavy (non-hydrogen) atoms. The third-order valence-corrected chi connectivity index (χ3v) is 5.26. The van der Waals surface area contributed by atoms with Gasteiger partial charge in [-0.1, -0.05) is 95.5 Å². The van der Waals surface area contributed by atoms with Crippen LogP contribution in [-0.4, -0.2) is 10.2 Å². The Labute approximate surface area is 169 Å². The van der Waals surface area contributed by atoms with E-state index in [1.54, 1.807) is 42.5 Å². The third kappa shape index (κ3) is 4.42. The van der Waals surface area contributed by atoms with Crippen LogP contribution < -0.4 is 0 Å². The van der Waals surface area contributed by atoms with E-state index in [4.69, 9.17) is 23.2 Å². The van der Waals surface area contributed by atoms with Crippen LogP contribution in [0.3, 0.4) is 0 Å². The van der Waals surface area contributed by atoms with Crippen LogP contribution in [0.15, 0.2) is 78.9 Å². The van der Waals surface area contributed by atoms with Gasteiger partial charge in [-0.25, -0.2) is 0 Å². The Morgan fingerprint density at radius 3 is 2.19 bits per heavy atom. The first-order chi connectivity index (χ1) is 12.9. The minimum atomic E-state index is -1.64. The Bertz CT molecular complexity index is 936. The molecule has 2 atom stereocenters. The highest BCUT2D eigenvalue weighted by molar-refractivity contribution is 6.42. The van der Waals surface area contributed by atoms with Crippen molar-refractivity contribution in [2.75, 3.05) is 0 Å². The number of aliphatic hydroxyl groups excluding tert-OH is 1. The Balaban J connectivity index is 2.04. The summed E-state index contributed by atoms with van der Waals surface area (Å²) in [4.78, 5) is 0. The van der Waals surface area contributed by atoms with Crippen molar-refractivity contribution in [2.45, 2.75) is 18.6 Å². The molecular formula is C23H20Cl2O2. The van der Waals surface area contributed by atoms with E-state index in [9.17, 15) is 10.2 Å². The number of hydrogen-bond acceptors (Lipinski definition) is 2. The second-order valence-corrected chi connectivity index (χ2v) is 7.33. The average Bonchev–Trinajstić information content (AvgIpc) is 2.69. The number of hydrogen-bond donors (Lipinski definition) is 2. The molecule has 2 unspecified atom stereocenters. The SMILES string of the molecule is Cc1ccc(/C=C/C(O)(c2ccccc2)C(O)c2ccc(Cl)c(Cl)c2)cc1. The number of halogens is 2. The summed E-state index contributed by atoms with van der Waals surface area (Å²) in [6.45, 7) is 2.02. The molecule has 0 amide bonds. The average molecular weight is 399 g/mol. The minimum absolute atomic E-state index is 0.325. The Kier molecular flexibility index (Phi) is 6.03. The van der Waals surface area contributed by atoms with Crippen LogP contribution in [0.5, 0.6) is 0 Å². The molecule has 0 heterocycles. The molecule has 2 N–H and O–H groups in total. The zero-order valence-electron chi connectivity index (χ0n) is 14.8. The molecule has 0 fully saturated rings. The monoisotopic (exact) mass is 398 g/mol. The predicted molar refractivity (Wildman–Crippen MR) is 112 cm³/mol. The lowest BCUT2D eigenvalue weighted by atomic mass is 9.83. The highest BCUT2D eigenvalue weighted by Gasteiger charge is 2.36. The lowest BCUT2D eigenvalue weighted by Gasteiger charge is -2.31. The van der Waals surface area contributed by atoms with E-state index in [-0.39, 0.29) is 0 Å². The van der Waals surface area contributed by atoms with Gasteiger partial charge in [-0.15, -0.1) is 0 Å². The Morgan fingerprint density at radius 2 is 1.56 bits per heavy atom. The maximum atomic E-state index is 11.5. The van der Waals surface area contributed by atoms with E-state index in [1.165, 1.54) is 0 Å². The molecular weight excluding hydrogens is 379 g/mol. The van der Waals surface area contributed by atoms with Crippen LogP contribution in [0, 0.1) is 6.92 Å². The van der Waals surface area contributed by atoms with Crippen LogP contribution >= 0.6 is 23.2 Å². The van der Waals surface area contributed by atoms with Crippen molar-refractivity contribution in [1.29, 1.82) is 0 Å². The summed E-state index contributed by atoms with van der Waals surface area (Å²) in [5.41, 5.74) is 1.50. The molecule has 0 radical (unpaired) electrons. The van der Waals surface area contributed by atoms with E-state index >= 15 is 0 Å². The molecule has 3 aromatic carbocycles. The van der Waals surface area contributed by atoms with Crippen LogP contribution in [0.25, 0.3) is 6.08 Å². The van der Waals surface area contributed by atoms with Crippen LogP contribution in [0.2, 0.25) is 10.0 Å². The van der Waals surface area contributed by atoms with Crippen molar-refractivity contribution >= 4 is 29.3 Å². The zero-order chi connectivity index (χ0) is 19.4. The largest absolute Gasteiger partial charge is 0.385 e. The molecule has 0 aromatic heterocycles. The fourth-order valence-corrected chi connectivity index (χ4v) is 3.19. The quantitative estimate of drug-likeness (QED) is 0.558. The van der Waals surface area contributed by atoms with Gasteiger partial charge in [0.25, 0.3) is 0 Å². The van der Waals surface area contributed by atoms with Gasteiger partial charge in [-0.3, -0.25) is 0 Å². The summed E-state index contributed by atoms with van der Waals surface area (Å²) in [5, 5.41) is 23.2. The van der Waals surface area contributed by atoms with Gasteiger partial charge in [0, 0.05) is 0 Å². The normalized spacial score (nSPS) is 14.9. The molecule has 138 valence electrons. The first-order valence-electron chi connectivity index (χ1n) is 8.57. The molecule has 0 saturated carbocycles. The molecule has 2 nitrogen and oxygen atoms in total. The Morgan fingerprint density at radius 1 is 0.889 bits per heavy atom. The molecule has 0 saturated heterocycles. The summed E-state index contributed by atoms with van der Waals surface area (Å²) in [7, 11) is 0. The van der Waals surface area contributed by atoms with Gasteiger partial charge in [-0.05, 0) is 41.8 Å². The van der Waals surface area contributed by atoms with Gasteiger partial charge in [0.2, 0.25) is 0 Å². The number of benzene rings is 3. The summed E-state index contributed by atoms with van der Waals surface area (Å²) in [6.07, 6.45) is 2.18. The number of aryl methyl sites for hydroxylation is 1. The summed E-state index contributed by atoms with van der Waals surface area (Å²) in [5.74, 6) is 0. The molecule has 0 aliphatic rings. The standard InChI is InChI=1S/C23H20Cl2O2/c1-16-7-9-17(10-8-16)13-14-23(27,19-5-3-2-4-6-19)22(26)18-11-12-20(24)21(25)15-18/h2-15,22,26-27H,1H3/b14-13+. The van der Waals surface area contributed by atoms with Crippen molar-refractivity contribution < 1.29 is 10.2 Å². The first kappa shape index (κ1) is 19.7. The van der Waals surface area contributed by atoms with Gasteiger partial charge >= 0.3 is 0 Å². The number of rotatable bonds is 5. The lowest BCUT2D eigenvalue weighted by molar-refractivity contribution is -0.0453. The molecule has 3 aromatic rings. The van der Waals surface area contributed by atoms with Crippen LogP contribution in [-0.2, 0) is 5.60 Å². The fourth-order valence-electron chi connectivity index (χ4n) is 2.89. The molecule has 0 aliphatic carbocycles. The van der Waals surface area contributed by atoms with Crippen molar-refractivity contribution in [3.63, 3.8) is 0 Å². The van der Waals surface area contributed by atoms with Crippen molar-refractivity contribution in [2.24, 2.45) is 0 Å². The predicted octanol–water partition coefficient (Wildman–Crippen LogP) is 5.94. The summed E-state index contributed by atoms with van der Waals surface area (Å²) in [6, 6.07) is 21.8. The third-order valence-electron chi connectivity index (χ3n) is 4.52. The molecule has 0 bridgehead atoms. The minimum Gasteiger partial charge on any atom is -0.385 e. The zero-order valence-corrected chi connectivity index (χ0v) is 16.3. The van der Waals surface area contributed by atoms with Gasteiger partial charge in [0.1, 0.15) is 11.7 Å². The summed E-state index contributed by atoms with van der Waals surface area (Å²) < 4.78 is 0.